The van der Waals surface area contributed by atoms with Crippen LogP contribution in [0.3, 0.4) is 0 Å². The van der Waals surface area contributed by atoms with E-state index >= 15 is 0 Å². The molecule has 2 heterocycles. The number of aliphatic hydroxyl groups excluding tert-OH is 8. The quantitative estimate of drug-likeness (QED) is 0.0259. The number of ether oxygens (including phenoxy) is 4. The molecule has 0 aromatic heterocycles. The second-order valence-corrected chi connectivity index (χ2v) is 21.8. The molecule has 9 N–H and O–H groups in total. The average molecular weight is 1030 g/mol. The standard InChI is InChI=1S/C58H113NO13/c1-3-5-7-9-11-13-15-17-19-20-21-22-23-24-25-26-27-28-30-32-34-36-38-40-42-50(63)59-46(47(62)41-39-37-35-33-31-29-18-16-14-12-10-8-6-4-2)45-69-57-55(68)53(66)56(49(44-61)71-57)72-58-54(67)52(65)51(64)48(43-60)70-58/h46-49,51-58,60-62,64-68H,3-45H2,1-2H3,(H,59,63). The molecule has 12 unspecified atom stereocenters. The molecule has 1 amide bonds. The molecule has 2 aliphatic rings. The van der Waals surface area contributed by atoms with Gasteiger partial charge in [-0.25, -0.2) is 0 Å². The van der Waals surface area contributed by atoms with E-state index < -0.39 is 86.8 Å². The van der Waals surface area contributed by atoms with Gasteiger partial charge in [0.25, 0.3) is 0 Å². The molecule has 428 valence electrons. The molecule has 2 fully saturated rings. The Morgan fingerprint density at radius 1 is 0.444 bits per heavy atom. The summed E-state index contributed by atoms with van der Waals surface area (Å²) < 4.78 is 22.8. The summed E-state index contributed by atoms with van der Waals surface area (Å²) in [6.07, 6.45) is 32.5. The van der Waals surface area contributed by atoms with Crippen molar-refractivity contribution in [1.29, 1.82) is 0 Å². The lowest BCUT2D eigenvalue weighted by Crippen LogP contribution is -2.65. The Labute approximate surface area is 438 Å². The maximum atomic E-state index is 13.3. The largest absolute Gasteiger partial charge is 0.394 e. The Morgan fingerprint density at radius 3 is 1.18 bits per heavy atom. The topological polar surface area (TPSA) is 228 Å². The highest BCUT2D eigenvalue weighted by molar-refractivity contribution is 5.76. The van der Waals surface area contributed by atoms with E-state index in [2.05, 4.69) is 19.2 Å². The third-order valence-corrected chi connectivity index (χ3v) is 15.3. The molecule has 0 aromatic carbocycles. The van der Waals surface area contributed by atoms with E-state index in [4.69, 9.17) is 18.9 Å². The number of nitrogens with one attached hydrogen (secondary N) is 1. The van der Waals surface area contributed by atoms with Crippen LogP contribution in [0, 0.1) is 0 Å². The molecule has 0 bridgehead atoms. The van der Waals surface area contributed by atoms with Gasteiger partial charge in [0.2, 0.25) is 5.91 Å². The maximum absolute atomic E-state index is 13.3. The van der Waals surface area contributed by atoms with Crippen molar-refractivity contribution in [2.75, 3.05) is 19.8 Å². The van der Waals surface area contributed by atoms with Gasteiger partial charge in [0.1, 0.15) is 48.8 Å². The Balaban J connectivity index is 1.71. The second-order valence-electron chi connectivity index (χ2n) is 21.8. The molecule has 0 aromatic rings. The minimum absolute atomic E-state index is 0.200. The van der Waals surface area contributed by atoms with Crippen LogP contribution in [0.4, 0.5) is 0 Å². The molecular formula is C58H113NO13. The summed E-state index contributed by atoms with van der Waals surface area (Å²) in [4.78, 5) is 13.3. The van der Waals surface area contributed by atoms with E-state index in [1.54, 1.807) is 0 Å². The summed E-state index contributed by atoms with van der Waals surface area (Å²) in [7, 11) is 0. The molecule has 0 saturated carbocycles. The van der Waals surface area contributed by atoms with Gasteiger partial charge in [-0.2, -0.15) is 0 Å². The monoisotopic (exact) mass is 1030 g/mol. The molecule has 0 spiro atoms. The molecular weight excluding hydrogens is 919 g/mol. The van der Waals surface area contributed by atoms with Gasteiger partial charge in [0.05, 0.1) is 32.0 Å². The molecule has 2 rings (SSSR count). The average Bonchev–Trinajstić information content (AvgIpc) is 3.38. The number of rotatable bonds is 49. The van der Waals surface area contributed by atoms with E-state index in [1.165, 1.54) is 193 Å². The Hall–Kier alpha value is -1.01. The first-order valence-corrected chi connectivity index (χ1v) is 30.3. The van der Waals surface area contributed by atoms with E-state index in [-0.39, 0.29) is 12.5 Å². The van der Waals surface area contributed by atoms with Gasteiger partial charge in [-0.1, -0.05) is 251 Å². The van der Waals surface area contributed by atoms with Crippen LogP contribution in [0.2, 0.25) is 0 Å². The van der Waals surface area contributed by atoms with Gasteiger partial charge in [-0.3, -0.25) is 4.79 Å². The Kier molecular flexibility index (Phi) is 42.0. The molecule has 14 nitrogen and oxygen atoms in total. The van der Waals surface area contributed by atoms with Crippen LogP contribution >= 0.6 is 0 Å². The summed E-state index contributed by atoms with van der Waals surface area (Å²) in [6.45, 7) is 2.89. The van der Waals surface area contributed by atoms with Gasteiger partial charge in [0, 0.05) is 6.42 Å². The minimum Gasteiger partial charge on any atom is -0.394 e. The summed E-state index contributed by atoms with van der Waals surface area (Å²) in [6, 6.07) is -0.822. The first kappa shape index (κ1) is 67.1. The summed E-state index contributed by atoms with van der Waals surface area (Å²) in [5.41, 5.74) is 0. The zero-order valence-electron chi connectivity index (χ0n) is 46.0. The highest BCUT2D eigenvalue weighted by atomic mass is 16.7. The van der Waals surface area contributed by atoms with Crippen molar-refractivity contribution in [3.8, 4) is 0 Å². The van der Waals surface area contributed by atoms with Crippen molar-refractivity contribution in [3.05, 3.63) is 0 Å². The SMILES string of the molecule is CCCCCCCCCCCCCCCCCCCCCCCCCCC(=O)NC(COC1OC(CO)C(OC2OC(CO)C(O)C(O)C2O)C(O)C1O)C(O)CCCCCCCCCCCCCCCC. The van der Waals surface area contributed by atoms with Crippen molar-refractivity contribution in [1.82, 2.24) is 5.32 Å². The number of hydrogen-bond donors (Lipinski definition) is 9. The van der Waals surface area contributed by atoms with Crippen molar-refractivity contribution in [2.24, 2.45) is 0 Å². The van der Waals surface area contributed by atoms with Crippen LogP contribution in [-0.4, -0.2) is 140 Å². The van der Waals surface area contributed by atoms with Crippen LogP contribution < -0.4 is 5.32 Å². The molecule has 72 heavy (non-hydrogen) atoms. The highest BCUT2D eigenvalue weighted by Crippen LogP contribution is 2.30. The van der Waals surface area contributed by atoms with Crippen molar-refractivity contribution < 1.29 is 64.6 Å². The van der Waals surface area contributed by atoms with Gasteiger partial charge < -0.3 is 65.1 Å². The van der Waals surface area contributed by atoms with Gasteiger partial charge >= 0.3 is 0 Å². The third-order valence-electron chi connectivity index (χ3n) is 15.3. The predicted molar refractivity (Wildman–Crippen MR) is 286 cm³/mol. The summed E-state index contributed by atoms with van der Waals surface area (Å²) in [5, 5.41) is 87.2. The van der Waals surface area contributed by atoms with Gasteiger partial charge in [0.15, 0.2) is 12.6 Å². The third kappa shape index (κ3) is 30.7. The minimum atomic E-state index is -1.78. The van der Waals surface area contributed by atoms with E-state index in [0.717, 1.165) is 51.4 Å². The fourth-order valence-electron chi connectivity index (χ4n) is 10.4. The van der Waals surface area contributed by atoms with Crippen LogP contribution in [0.15, 0.2) is 0 Å². The molecule has 14 heteroatoms. The van der Waals surface area contributed by atoms with Crippen LogP contribution in [-0.2, 0) is 23.7 Å². The number of carbonyl (C=O) groups excluding carboxylic acids is 1. The molecule has 2 aliphatic heterocycles. The lowest BCUT2D eigenvalue weighted by Gasteiger charge is -2.46. The smallest absolute Gasteiger partial charge is 0.220 e. The number of amides is 1. The normalized spacial score (nSPS) is 25.5. The maximum Gasteiger partial charge on any atom is 0.220 e. The first-order chi connectivity index (χ1) is 35.1. The van der Waals surface area contributed by atoms with E-state index in [1.807, 2.05) is 0 Å². The summed E-state index contributed by atoms with van der Waals surface area (Å²) >= 11 is 0. The van der Waals surface area contributed by atoms with E-state index in [9.17, 15) is 45.6 Å². The predicted octanol–water partition coefficient (Wildman–Crippen LogP) is 10.1. The van der Waals surface area contributed by atoms with Crippen LogP contribution in [0.25, 0.3) is 0 Å². The number of aliphatic hydroxyl groups is 8. The number of carbonyl (C=O) groups is 1. The van der Waals surface area contributed by atoms with Gasteiger partial charge in [-0.15, -0.1) is 0 Å². The van der Waals surface area contributed by atoms with Crippen molar-refractivity contribution >= 4 is 5.91 Å². The van der Waals surface area contributed by atoms with Crippen molar-refractivity contribution in [2.45, 2.75) is 344 Å². The molecule has 0 radical (unpaired) electrons. The zero-order chi connectivity index (χ0) is 52.4. The Bertz CT molecular complexity index is 1220. The second kappa shape index (κ2) is 45.1. The molecule has 0 aliphatic carbocycles. The molecule has 2 saturated heterocycles. The lowest BCUT2D eigenvalue weighted by atomic mass is 9.97. The van der Waals surface area contributed by atoms with Crippen molar-refractivity contribution in [3.63, 3.8) is 0 Å². The van der Waals surface area contributed by atoms with E-state index in [0.29, 0.717) is 12.8 Å². The highest BCUT2D eigenvalue weighted by Gasteiger charge is 2.51. The van der Waals surface area contributed by atoms with Gasteiger partial charge in [-0.05, 0) is 12.8 Å². The molecule has 12 atom stereocenters. The van der Waals surface area contributed by atoms with Crippen LogP contribution in [0.5, 0.6) is 0 Å². The number of hydrogen-bond acceptors (Lipinski definition) is 13. The summed E-state index contributed by atoms with van der Waals surface area (Å²) in [5.74, 6) is -0.200. The first-order valence-electron chi connectivity index (χ1n) is 30.3. The fourth-order valence-corrected chi connectivity index (χ4v) is 10.4. The lowest BCUT2D eigenvalue weighted by molar-refractivity contribution is -0.359. The number of unbranched alkanes of at least 4 members (excludes halogenated alkanes) is 36. The zero-order valence-corrected chi connectivity index (χ0v) is 46.0. The fraction of sp³-hybridized carbons (Fsp3) is 0.983. The van der Waals surface area contributed by atoms with Crippen LogP contribution in [0.1, 0.15) is 271 Å². The Morgan fingerprint density at radius 2 is 0.792 bits per heavy atom.